The van der Waals surface area contributed by atoms with Crippen LogP contribution in [0.5, 0.6) is 0 Å². The maximum Gasteiger partial charge on any atom is 0.334 e. The molecular weight excluding hydrogens is 256 g/mol. The molecule has 6 rings (SSSR count). The van der Waals surface area contributed by atoms with E-state index in [-0.39, 0.29) is 23.8 Å². The fraction of sp³-hybridized carbons (Fsp3) is 0.625. The highest BCUT2D eigenvalue weighted by atomic mass is 16.5. The molecule has 104 valence electrons. The first-order valence-electron chi connectivity index (χ1n) is 7.29. The third-order valence-electron chi connectivity index (χ3n) is 6.65. The average molecular weight is 272 g/mol. The van der Waals surface area contributed by atoms with Gasteiger partial charge in [-0.05, 0) is 47.3 Å². The third kappa shape index (κ3) is 0.859. The van der Waals surface area contributed by atoms with Gasteiger partial charge in [-0.1, -0.05) is 12.2 Å². The highest BCUT2D eigenvalue weighted by Gasteiger charge is 2.79. The molecule has 4 nitrogen and oxygen atoms in total. The monoisotopic (exact) mass is 272 g/mol. The van der Waals surface area contributed by atoms with E-state index in [0.717, 1.165) is 0 Å². The summed E-state index contributed by atoms with van der Waals surface area (Å²) >= 11 is 0. The molecule has 0 aromatic rings. The molecule has 0 radical (unpaired) electrons. The topological polar surface area (TPSA) is 52.6 Å². The van der Waals surface area contributed by atoms with Crippen LogP contribution in [0.15, 0.2) is 23.3 Å². The van der Waals surface area contributed by atoms with Crippen molar-refractivity contribution in [2.75, 3.05) is 14.2 Å². The van der Waals surface area contributed by atoms with Crippen molar-refractivity contribution in [1.82, 2.24) is 0 Å². The van der Waals surface area contributed by atoms with Gasteiger partial charge in [-0.3, -0.25) is 0 Å². The standard InChI is InChI=1S/C16H16O4/c1-19-15(17)13-11-8-5-3-4-6-7(5)10(11)12(9(6)8)14(13)16(18)20-2/h3-12H,1-2H3/t5-,6+,7?,8+,9-,10?,11-,12+. The second-order valence-electron chi connectivity index (χ2n) is 6.71. The van der Waals surface area contributed by atoms with Gasteiger partial charge in [0.2, 0.25) is 0 Å². The second-order valence-corrected chi connectivity index (χ2v) is 6.71. The van der Waals surface area contributed by atoms with Gasteiger partial charge in [-0.2, -0.15) is 0 Å². The molecule has 0 amide bonds. The van der Waals surface area contributed by atoms with Gasteiger partial charge >= 0.3 is 11.9 Å². The molecule has 8 atom stereocenters. The van der Waals surface area contributed by atoms with Crippen molar-refractivity contribution in [2.45, 2.75) is 0 Å². The smallest absolute Gasteiger partial charge is 0.334 e. The van der Waals surface area contributed by atoms with Gasteiger partial charge < -0.3 is 9.47 Å². The molecule has 4 saturated carbocycles. The van der Waals surface area contributed by atoms with E-state index in [0.29, 0.717) is 46.7 Å². The summed E-state index contributed by atoms with van der Waals surface area (Å²) in [7, 11) is 2.79. The van der Waals surface area contributed by atoms with E-state index in [1.807, 2.05) is 0 Å². The van der Waals surface area contributed by atoms with Gasteiger partial charge in [-0.15, -0.1) is 0 Å². The van der Waals surface area contributed by atoms with E-state index in [4.69, 9.17) is 9.47 Å². The average Bonchev–Trinajstić information content (AvgIpc) is 3.23. The van der Waals surface area contributed by atoms with E-state index in [2.05, 4.69) is 12.2 Å². The number of esters is 2. The van der Waals surface area contributed by atoms with Crippen LogP contribution in [0.3, 0.4) is 0 Å². The first-order chi connectivity index (χ1) is 9.70. The van der Waals surface area contributed by atoms with Crippen LogP contribution in [0.2, 0.25) is 0 Å². The summed E-state index contributed by atoms with van der Waals surface area (Å²) in [6.45, 7) is 0. The van der Waals surface area contributed by atoms with Crippen molar-refractivity contribution in [1.29, 1.82) is 0 Å². The molecule has 0 saturated heterocycles. The third-order valence-corrected chi connectivity index (χ3v) is 6.65. The van der Waals surface area contributed by atoms with Crippen molar-refractivity contribution in [3.63, 3.8) is 0 Å². The number of carbonyl (C=O) groups is 2. The molecule has 4 fully saturated rings. The molecule has 2 unspecified atom stereocenters. The van der Waals surface area contributed by atoms with E-state index in [1.54, 1.807) is 0 Å². The van der Waals surface area contributed by atoms with Gasteiger partial charge in [0.15, 0.2) is 0 Å². The largest absolute Gasteiger partial charge is 0.466 e. The van der Waals surface area contributed by atoms with Gasteiger partial charge in [-0.25, -0.2) is 9.59 Å². The first-order valence-corrected chi connectivity index (χ1v) is 7.29. The normalized spacial score (nSPS) is 51.5. The van der Waals surface area contributed by atoms with Gasteiger partial charge in [0, 0.05) is 0 Å². The van der Waals surface area contributed by atoms with Crippen LogP contribution >= 0.6 is 0 Å². The minimum Gasteiger partial charge on any atom is -0.466 e. The van der Waals surface area contributed by atoms with Gasteiger partial charge in [0.1, 0.15) is 0 Å². The summed E-state index contributed by atoms with van der Waals surface area (Å²) < 4.78 is 9.89. The molecule has 0 aromatic heterocycles. The predicted octanol–water partition coefficient (Wildman–Crippen LogP) is 1.18. The lowest BCUT2D eigenvalue weighted by Gasteiger charge is -2.33. The molecule has 0 N–H and O–H groups in total. The van der Waals surface area contributed by atoms with Crippen LogP contribution in [-0.4, -0.2) is 26.2 Å². The Morgan fingerprint density at radius 1 is 0.800 bits per heavy atom. The Bertz CT molecular complexity index is 566. The zero-order valence-electron chi connectivity index (χ0n) is 11.4. The van der Waals surface area contributed by atoms with E-state index in [1.165, 1.54) is 14.2 Å². The lowest BCUT2D eigenvalue weighted by Crippen LogP contribution is -2.33. The predicted molar refractivity (Wildman–Crippen MR) is 68.1 cm³/mol. The fourth-order valence-electron chi connectivity index (χ4n) is 6.58. The number of carbonyl (C=O) groups excluding carboxylic acids is 2. The number of allylic oxidation sites excluding steroid dienone is 2. The number of rotatable bonds is 2. The molecule has 20 heavy (non-hydrogen) atoms. The fourth-order valence-corrected chi connectivity index (χ4v) is 6.58. The van der Waals surface area contributed by atoms with Gasteiger partial charge in [0.05, 0.1) is 25.4 Å². The van der Waals surface area contributed by atoms with Crippen molar-refractivity contribution < 1.29 is 19.1 Å². The molecule has 0 aliphatic heterocycles. The lowest BCUT2D eigenvalue weighted by atomic mass is 9.71. The number of ether oxygens (including phenoxy) is 2. The maximum absolute atomic E-state index is 12.2. The summed E-state index contributed by atoms with van der Waals surface area (Å²) in [5.41, 5.74) is 1.27. The Labute approximate surface area is 116 Å². The van der Waals surface area contributed by atoms with Crippen LogP contribution in [0.25, 0.3) is 0 Å². The summed E-state index contributed by atoms with van der Waals surface area (Å²) in [5.74, 6) is 3.35. The Morgan fingerprint density at radius 2 is 1.25 bits per heavy atom. The van der Waals surface area contributed by atoms with Crippen LogP contribution in [0.4, 0.5) is 0 Å². The van der Waals surface area contributed by atoms with Crippen molar-refractivity contribution in [3.8, 4) is 0 Å². The molecule has 6 aliphatic rings. The Hall–Kier alpha value is -1.58. The number of hydrogen-bond acceptors (Lipinski definition) is 4. The maximum atomic E-state index is 12.2. The van der Waals surface area contributed by atoms with E-state index >= 15 is 0 Å². The minimum atomic E-state index is -0.325. The SMILES string of the molecule is COC(=O)C1=C(C(=O)OC)[C@H]2C3C4[C@H]5C=C[C@@H]4[C@H]([C@H]52)[C@H]13. The van der Waals surface area contributed by atoms with Crippen molar-refractivity contribution >= 4 is 11.9 Å². The summed E-state index contributed by atoms with van der Waals surface area (Å²) in [5, 5.41) is 0. The molecular formula is C16H16O4. The molecule has 0 heterocycles. The van der Waals surface area contributed by atoms with Crippen LogP contribution < -0.4 is 0 Å². The van der Waals surface area contributed by atoms with Crippen LogP contribution in [-0.2, 0) is 19.1 Å². The van der Waals surface area contributed by atoms with Crippen LogP contribution in [0, 0.1) is 47.3 Å². The van der Waals surface area contributed by atoms with Gasteiger partial charge in [0.25, 0.3) is 0 Å². The Morgan fingerprint density at radius 3 is 1.65 bits per heavy atom. The molecule has 6 aliphatic carbocycles. The Balaban J connectivity index is 1.68. The Kier molecular flexibility index (Phi) is 1.77. The molecule has 4 heteroatoms. The quantitative estimate of drug-likeness (QED) is 0.559. The summed E-state index contributed by atoms with van der Waals surface area (Å²) in [4.78, 5) is 24.4. The van der Waals surface area contributed by atoms with Crippen LogP contribution in [0.1, 0.15) is 0 Å². The first kappa shape index (κ1) is 11.1. The lowest BCUT2D eigenvalue weighted by molar-refractivity contribution is -0.140. The summed E-state index contributed by atoms with van der Waals surface area (Å²) in [6.07, 6.45) is 4.69. The van der Waals surface area contributed by atoms with Crippen molar-refractivity contribution in [2.24, 2.45) is 47.3 Å². The zero-order chi connectivity index (χ0) is 13.8. The number of hydrogen-bond donors (Lipinski definition) is 0. The summed E-state index contributed by atoms with van der Waals surface area (Å²) in [6, 6.07) is 0. The molecule has 0 spiro atoms. The highest BCUT2D eigenvalue weighted by Crippen LogP contribution is 2.81. The minimum absolute atomic E-state index is 0.239. The van der Waals surface area contributed by atoms with E-state index < -0.39 is 0 Å². The molecule has 8 bridgehead atoms. The number of methoxy groups -OCH3 is 2. The molecule has 0 aromatic carbocycles. The van der Waals surface area contributed by atoms with Crippen molar-refractivity contribution in [3.05, 3.63) is 23.3 Å². The zero-order valence-corrected chi connectivity index (χ0v) is 11.4. The second kappa shape index (κ2) is 3.18. The highest BCUT2D eigenvalue weighted by molar-refractivity contribution is 6.03. The van der Waals surface area contributed by atoms with E-state index in [9.17, 15) is 9.59 Å².